The van der Waals surface area contributed by atoms with Crippen molar-refractivity contribution in [3.63, 3.8) is 0 Å². The van der Waals surface area contributed by atoms with Gasteiger partial charge in [-0.2, -0.15) is 0 Å². The minimum absolute atomic E-state index is 0.199. The summed E-state index contributed by atoms with van der Waals surface area (Å²) in [7, 11) is 0. The lowest BCUT2D eigenvalue weighted by molar-refractivity contribution is 0.0697. The van der Waals surface area contributed by atoms with Crippen molar-refractivity contribution in [2.45, 2.75) is 12.8 Å². The topological polar surface area (TPSA) is 40.5 Å². The Morgan fingerprint density at radius 1 is 1.00 bits per heavy atom. The van der Waals surface area contributed by atoms with E-state index in [9.17, 15) is 9.90 Å². The summed E-state index contributed by atoms with van der Waals surface area (Å²) in [5.41, 5.74) is 3.60. The number of carboxylic acid groups (broad SMARTS) is 1. The highest BCUT2D eigenvalue weighted by Gasteiger charge is 2.21. The summed E-state index contributed by atoms with van der Waals surface area (Å²) in [6.07, 6.45) is 1.84. The number of aromatic carboxylic acids is 1. The van der Waals surface area contributed by atoms with Gasteiger partial charge in [0.2, 0.25) is 0 Å². The van der Waals surface area contributed by atoms with Crippen LogP contribution in [0.1, 0.15) is 21.5 Å². The molecule has 0 aromatic heterocycles. The van der Waals surface area contributed by atoms with Crippen molar-refractivity contribution in [3.05, 3.63) is 64.2 Å². The van der Waals surface area contributed by atoms with Crippen molar-refractivity contribution in [2.75, 3.05) is 18.0 Å². The number of hydrogen-bond acceptors (Lipinski definition) is 2. The molecule has 0 aliphatic carbocycles. The molecule has 0 fully saturated rings. The summed E-state index contributed by atoms with van der Waals surface area (Å²) in [6.45, 7) is 1.61. The van der Waals surface area contributed by atoms with E-state index >= 15 is 0 Å². The van der Waals surface area contributed by atoms with Crippen molar-refractivity contribution >= 4 is 23.3 Å². The first-order chi connectivity index (χ1) is 10.2. The van der Waals surface area contributed by atoms with Crippen LogP contribution in [-0.2, 0) is 12.8 Å². The molecule has 0 spiro atoms. The second kappa shape index (κ2) is 5.78. The van der Waals surface area contributed by atoms with Gasteiger partial charge in [0, 0.05) is 13.1 Å². The van der Waals surface area contributed by atoms with Gasteiger partial charge >= 0.3 is 5.97 Å². The Bertz CT molecular complexity index is 657. The van der Waals surface area contributed by atoms with Gasteiger partial charge < -0.3 is 10.0 Å². The number of hydrogen-bond donors (Lipinski definition) is 1. The average Bonchev–Trinajstić information content (AvgIpc) is 2.69. The Morgan fingerprint density at radius 3 is 2.19 bits per heavy atom. The van der Waals surface area contributed by atoms with Crippen molar-refractivity contribution < 1.29 is 9.90 Å². The van der Waals surface area contributed by atoms with Crippen molar-refractivity contribution in [1.29, 1.82) is 0 Å². The fraction of sp³-hybridized carbons (Fsp3) is 0.235. The van der Waals surface area contributed by atoms with E-state index in [0.29, 0.717) is 10.7 Å². The van der Waals surface area contributed by atoms with Gasteiger partial charge in [-0.1, -0.05) is 41.9 Å². The third kappa shape index (κ3) is 2.74. The maximum Gasteiger partial charge on any atom is 0.339 e. The minimum atomic E-state index is -0.975. The molecule has 4 heteroatoms. The number of anilines is 1. The lowest BCUT2D eigenvalue weighted by atomic mass is 10.0. The molecule has 0 saturated heterocycles. The van der Waals surface area contributed by atoms with Crippen LogP contribution in [0.3, 0.4) is 0 Å². The van der Waals surface area contributed by atoms with Crippen LogP contribution in [0.5, 0.6) is 0 Å². The SMILES string of the molecule is O=C(O)c1c(Cl)cccc1N1CCc2ccccc2CC1. The Morgan fingerprint density at radius 2 is 1.62 bits per heavy atom. The van der Waals surface area contributed by atoms with Crippen LogP contribution in [0.4, 0.5) is 5.69 Å². The summed E-state index contributed by atoms with van der Waals surface area (Å²) in [4.78, 5) is 13.6. The third-order valence-corrected chi connectivity index (χ3v) is 4.28. The molecule has 1 N–H and O–H groups in total. The lowest BCUT2D eigenvalue weighted by Crippen LogP contribution is -2.27. The van der Waals surface area contributed by atoms with Crippen molar-refractivity contribution in [3.8, 4) is 0 Å². The number of nitrogens with zero attached hydrogens (tertiary/aromatic N) is 1. The molecule has 21 heavy (non-hydrogen) atoms. The van der Waals surface area contributed by atoms with Crippen LogP contribution >= 0.6 is 11.6 Å². The molecule has 0 bridgehead atoms. The first kappa shape index (κ1) is 14.0. The van der Waals surface area contributed by atoms with Gasteiger partial charge in [-0.05, 0) is 36.1 Å². The highest BCUT2D eigenvalue weighted by molar-refractivity contribution is 6.34. The minimum Gasteiger partial charge on any atom is -0.478 e. The van der Waals surface area contributed by atoms with Gasteiger partial charge in [-0.3, -0.25) is 0 Å². The molecule has 0 radical (unpaired) electrons. The number of rotatable bonds is 2. The van der Waals surface area contributed by atoms with Crippen molar-refractivity contribution in [2.24, 2.45) is 0 Å². The predicted molar refractivity (Wildman–Crippen MR) is 84.5 cm³/mol. The summed E-state index contributed by atoms with van der Waals surface area (Å²) in [5.74, 6) is -0.975. The highest BCUT2D eigenvalue weighted by Crippen LogP contribution is 2.29. The van der Waals surface area contributed by atoms with Gasteiger partial charge in [0.25, 0.3) is 0 Å². The Balaban J connectivity index is 1.93. The fourth-order valence-electron chi connectivity index (χ4n) is 2.90. The first-order valence-corrected chi connectivity index (χ1v) is 7.38. The summed E-state index contributed by atoms with van der Waals surface area (Å²) in [6, 6.07) is 13.7. The lowest BCUT2D eigenvalue weighted by Gasteiger charge is -2.24. The number of carboxylic acids is 1. The van der Waals surface area contributed by atoms with E-state index in [1.54, 1.807) is 6.07 Å². The molecule has 2 aromatic rings. The van der Waals surface area contributed by atoms with E-state index < -0.39 is 5.97 Å². The van der Waals surface area contributed by atoms with Crippen LogP contribution in [0.2, 0.25) is 5.02 Å². The molecule has 108 valence electrons. The van der Waals surface area contributed by atoms with Crippen LogP contribution in [0.15, 0.2) is 42.5 Å². The predicted octanol–water partition coefficient (Wildman–Crippen LogP) is 3.64. The maximum absolute atomic E-state index is 11.5. The van der Waals surface area contributed by atoms with Gasteiger partial charge in [0.05, 0.1) is 10.7 Å². The summed E-state index contributed by atoms with van der Waals surface area (Å²) in [5, 5.41) is 9.70. The van der Waals surface area contributed by atoms with Crippen molar-refractivity contribution in [1.82, 2.24) is 0 Å². The quantitative estimate of drug-likeness (QED) is 0.920. The van der Waals surface area contributed by atoms with E-state index in [-0.39, 0.29) is 5.56 Å². The van der Waals surface area contributed by atoms with E-state index in [0.717, 1.165) is 25.9 Å². The van der Waals surface area contributed by atoms with Gasteiger partial charge in [0.1, 0.15) is 5.56 Å². The monoisotopic (exact) mass is 301 g/mol. The molecule has 1 aliphatic heterocycles. The maximum atomic E-state index is 11.5. The average molecular weight is 302 g/mol. The number of fused-ring (bicyclic) bond motifs is 1. The van der Waals surface area contributed by atoms with E-state index in [4.69, 9.17) is 11.6 Å². The van der Waals surface area contributed by atoms with Crippen LogP contribution < -0.4 is 4.90 Å². The molecule has 0 amide bonds. The summed E-state index contributed by atoms with van der Waals surface area (Å²) >= 11 is 6.07. The zero-order valence-electron chi connectivity index (χ0n) is 11.6. The second-order valence-corrected chi connectivity index (χ2v) is 5.60. The molecular formula is C17H16ClNO2. The molecule has 0 unspecified atom stereocenters. The summed E-state index contributed by atoms with van der Waals surface area (Å²) < 4.78 is 0. The zero-order valence-corrected chi connectivity index (χ0v) is 12.3. The Kier molecular flexibility index (Phi) is 3.84. The Hall–Kier alpha value is -2.00. The smallest absolute Gasteiger partial charge is 0.339 e. The normalized spacial score (nSPS) is 14.4. The molecule has 0 atom stereocenters. The van der Waals surface area contributed by atoms with Gasteiger partial charge in [-0.25, -0.2) is 4.79 Å². The molecule has 2 aromatic carbocycles. The molecule has 1 aliphatic rings. The molecule has 3 nitrogen and oxygen atoms in total. The second-order valence-electron chi connectivity index (χ2n) is 5.19. The van der Waals surface area contributed by atoms with Gasteiger partial charge in [-0.15, -0.1) is 0 Å². The van der Waals surface area contributed by atoms with E-state index in [1.807, 2.05) is 12.1 Å². The molecular weight excluding hydrogens is 286 g/mol. The van der Waals surface area contributed by atoms with Gasteiger partial charge in [0.15, 0.2) is 0 Å². The first-order valence-electron chi connectivity index (χ1n) is 7.00. The molecule has 0 saturated carbocycles. The Labute approximate surface area is 128 Å². The number of benzene rings is 2. The molecule has 3 rings (SSSR count). The fourth-order valence-corrected chi connectivity index (χ4v) is 3.15. The third-order valence-electron chi connectivity index (χ3n) is 3.97. The number of carbonyl (C=O) groups is 1. The number of halogens is 1. The van der Waals surface area contributed by atoms with Crippen LogP contribution in [-0.4, -0.2) is 24.2 Å². The van der Waals surface area contributed by atoms with E-state index in [2.05, 4.69) is 29.2 Å². The standard InChI is InChI=1S/C17H16ClNO2/c18-14-6-3-7-15(16(14)17(20)21)19-10-8-12-4-1-2-5-13(12)9-11-19/h1-7H,8-11H2,(H,20,21). The van der Waals surface area contributed by atoms with Crippen LogP contribution in [0.25, 0.3) is 0 Å². The van der Waals surface area contributed by atoms with E-state index in [1.165, 1.54) is 11.1 Å². The zero-order chi connectivity index (χ0) is 14.8. The molecule has 1 heterocycles. The van der Waals surface area contributed by atoms with Crippen LogP contribution in [0, 0.1) is 0 Å². The highest BCUT2D eigenvalue weighted by atomic mass is 35.5. The largest absolute Gasteiger partial charge is 0.478 e.